The number of carbonyl (C=O) groups excluding carboxylic acids is 2. The summed E-state index contributed by atoms with van der Waals surface area (Å²) in [4.78, 5) is 24.7. The Bertz CT molecular complexity index is 845. The number of carbonyl (C=O) groups is 2. The van der Waals surface area contributed by atoms with Gasteiger partial charge in [0.1, 0.15) is 11.6 Å². The van der Waals surface area contributed by atoms with E-state index in [2.05, 4.69) is 16.0 Å². The molecule has 3 N–H and O–H groups in total. The molecule has 0 saturated carbocycles. The molecule has 3 amide bonds. The minimum atomic E-state index is -0.833. The summed E-state index contributed by atoms with van der Waals surface area (Å²) < 4.78 is 19.5. The molecule has 0 aliphatic carbocycles. The number of rotatable bonds is 4. The zero-order chi connectivity index (χ0) is 19.4. The Morgan fingerprint density at radius 1 is 1.26 bits per heavy atom. The van der Waals surface area contributed by atoms with E-state index in [-0.39, 0.29) is 11.5 Å². The number of methoxy groups -OCH3 is 1. The van der Waals surface area contributed by atoms with E-state index in [0.717, 1.165) is 0 Å². The van der Waals surface area contributed by atoms with E-state index in [4.69, 9.17) is 16.3 Å². The van der Waals surface area contributed by atoms with Gasteiger partial charge in [0.05, 0.1) is 13.0 Å². The molecule has 6 nitrogen and oxygen atoms in total. The van der Waals surface area contributed by atoms with E-state index in [1.165, 1.54) is 19.2 Å². The van der Waals surface area contributed by atoms with Crippen LogP contribution in [0.3, 0.4) is 0 Å². The summed E-state index contributed by atoms with van der Waals surface area (Å²) in [6.07, 6.45) is 0.482. The maximum absolute atomic E-state index is 14.5. The summed E-state index contributed by atoms with van der Waals surface area (Å²) in [7, 11) is 1.44. The van der Waals surface area contributed by atoms with Gasteiger partial charge in [0.15, 0.2) is 0 Å². The Labute approximate surface area is 161 Å². The third-order valence-corrected chi connectivity index (χ3v) is 4.65. The fraction of sp³-hybridized carbons (Fsp3) is 0.263. The van der Waals surface area contributed by atoms with Crippen LogP contribution in [0.1, 0.15) is 17.9 Å². The Balaban J connectivity index is 1.77. The number of hydrogen-bond acceptors (Lipinski definition) is 3. The lowest BCUT2D eigenvalue weighted by Crippen LogP contribution is -2.52. The zero-order valence-corrected chi connectivity index (χ0v) is 15.3. The monoisotopic (exact) mass is 391 g/mol. The van der Waals surface area contributed by atoms with Crippen LogP contribution in [0.25, 0.3) is 0 Å². The second kappa shape index (κ2) is 8.26. The predicted octanol–water partition coefficient (Wildman–Crippen LogP) is 3.28. The minimum absolute atomic E-state index is 0.213. The molecule has 0 bridgehead atoms. The number of nitrogens with one attached hydrogen (secondary N) is 3. The molecule has 1 heterocycles. The van der Waals surface area contributed by atoms with Crippen molar-refractivity contribution in [1.82, 2.24) is 10.6 Å². The van der Waals surface area contributed by atoms with Gasteiger partial charge in [0.2, 0.25) is 5.91 Å². The number of hydrogen-bond donors (Lipinski definition) is 3. The van der Waals surface area contributed by atoms with Crippen molar-refractivity contribution in [3.63, 3.8) is 0 Å². The van der Waals surface area contributed by atoms with Crippen molar-refractivity contribution in [3.8, 4) is 5.75 Å². The number of piperidine rings is 1. The molecule has 2 aromatic carbocycles. The van der Waals surface area contributed by atoms with Crippen LogP contribution in [0.5, 0.6) is 5.75 Å². The topological polar surface area (TPSA) is 79.5 Å². The van der Waals surface area contributed by atoms with E-state index in [9.17, 15) is 14.0 Å². The molecule has 0 radical (unpaired) electrons. The van der Waals surface area contributed by atoms with E-state index in [0.29, 0.717) is 29.4 Å². The van der Waals surface area contributed by atoms with Crippen LogP contribution in [0.4, 0.5) is 14.9 Å². The number of anilines is 1. The Morgan fingerprint density at radius 3 is 2.67 bits per heavy atom. The van der Waals surface area contributed by atoms with Crippen LogP contribution in [0, 0.1) is 5.82 Å². The third-order valence-electron chi connectivity index (χ3n) is 4.40. The summed E-state index contributed by atoms with van der Waals surface area (Å²) in [6, 6.07) is 9.93. The molecule has 3 rings (SSSR count). The van der Waals surface area contributed by atoms with Crippen molar-refractivity contribution in [3.05, 3.63) is 58.9 Å². The molecule has 2 aromatic rings. The van der Waals surface area contributed by atoms with Crippen LogP contribution in [-0.2, 0) is 4.79 Å². The molecular weight excluding hydrogens is 373 g/mol. The zero-order valence-electron chi connectivity index (χ0n) is 14.6. The van der Waals surface area contributed by atoms with Crippen LogP contribution in [0.15, 0.2) is 42.5 Å². The molecule has 1 fully saturated rings. The highest BCUT2D eigenvalue weighted by atomic mass is 35.5. The van der Waals surface area contributed by atoms with Crippen molar-refractivity contribution >= 4 is 29.2 Å². The van der Waals surface area contributed by atoms with Crippen LogP contribution in [0.2, 0.25) is 5.02 Å². The second-order valence-corrected chi connectivity index (χ2v) is 6.59. The largest absolute Gasteiger partial charge is 0.497 e. The molecule has 0 aromatic heterocycles. The summed E-state index contributed by atoms with van der Waals surface area (Å²) in [6.45, 7) is 0.402. The summed E-state index contributed by atoms with van der Waals surface area (Å²) in [5, 5.41) is 8.73. The van der Waals surface area contributed by atoms with Gasteiger partial charge in [0, 0.05) is 34.9 Å². The van der Waals surface area contributed by atoms with E-state index < -0.39 is 23.8 Å². The quantitative estimate of drug-likeness (QED) is 0.748. The first kappa shape index (κ1) is 19.0. The fourth-order valence-corrected chi connectivity index (χ4v) is 3.21. The van der Waals surface area contributed by atoms with Crippen LogP contribution in [-0.4, -0.2) is 31.6 Å². The third kappa shape index (κ3) is 4.49. The van der Waals surface area contributed by atoms with Crippen molar-refractivity contribution in [2.45, 2.75) is 18.4 Å². The van der Waals surface area contributed by atoms with Gasteiger partial charge in [-0.3, -0.25) is 4.79 Å². The van der Waals surface area contributed by atoms with Crippen molar-refractivity contribution < 1.29 is 18.7 Å². The summed E-state index contributed by atoms with van der Waals surface area (Å²) in [5.74, 6) is -1.36. The first-order valence-electron chi connectivity index (χ1n) is 8.42. The Hall–Kier alpha value is -2.80. The highest BCUT2D eigenvalue weighted by Crippen LogP contribution is 2.29. The van der Waals surface area contributed by atoms with Gasteiger partial charge in [-0.25, -0.2) is 9.18 Å². The van der Waals surface area contributed by atoms with Crippen molar-refractivity contribution in [2.24, 2.45) is 0 Å². The number of benzene rings is 2. The molecule has 1 aliphatic rings. The highest BCUT2D eigenvalue weighted by Gasteiger charge is 2.36. The van der Waals surface area contributed by atoms with Crippen molar-refractivity contribution in [2.75, 3.05) is 19.0 Å². The SMILES string of the molecule is COc1ccc(C2C(=O)NCCC2NC(=O)Nc2ccc(Cl)cc2)c(F)c1. The van der Waals surface area contributed by atoms with E-state index in [1.807, 2.05) is 0 Å². The lowest BCUT2D eigenvalue weighted by atomic mass is 9.85. The molecular formula is C19H19ClFN3O3. The maximum atomic E-state index is 14.5. The standard InChI is InChI=1S/C19H19ClFN3O3/c1-27-13-6-7-14(15(21)10-13)17-16(8-9-22-18(17)25)24-19(26)23-12-4-2-11(20)3-5-12/h2-7,10,16-17H,8-9H2,1H3,(H,22,25)(H2,23,24,26). The summed E-state index contributed by atoms with van der Waals surface area (Å²) >= 11 is 5.83. The Morgan fingerprint density at radius 2 is 2.00 bits per heavy atom. The fourth-order valence-electron chi connectivity index (χ4n) is 3.08. The van der Waals surface area contributed by atoms with Gasteiger partial charge in [-0.15, -0.1) is 0 Å². The molecule has 1 saturated heterocycles. The van der Waals surface area contributed by atoms with Crippen LogP contribution >= 0.6 is 11.6 Å². The second-order valence-electron chi connectivity index (χ2n) is 6.16. The summed E-state index contributed by atoms with van der Waals surface area (Å²) in [5.41, 5.74) is 0.772. The first-order chi connectivity index (χ1) is 13.0. The van der Waals surface area contributed by atoms with Crippen molar-refractivity contribution in [1.29, 1.82) is 0 Å². The predicted molar refractivity (Wildman–Crippen MR) is 101 cm³/mol. The molecule has 27 heavy (non-hydrogen) atoms. The van der Waals surface area contributed by atoms with Crippen LogP contribution < -0.4 is 20.7 Å². The molecule has 1 aliphatic heterocycles. The lowest BCUT2D eigenvalue weighted by Gasteiger charge is -2.32. The van der Waals surface area contributed by atoms with Gasteiger partial charge >= 0.3 is 6.03 Å². The number of amides is 3. The normalized spacial score (nSPS) is 19.1. The molecule has 142 valence electrons. The molecule has 0 spiro atoms. The number of ether oxygens (including phenoxy) is 1. The molecule has 2 atom stereocenters. The minimum Gasteiger partial charge on any atom is -0.497 e. The average molecular weight is 392 g/mol. The number of halogens is 2. The van der Waals surface area contributed by atoms with Gasteiger partial charge in [0.25, 0.3) is 0 Å². The molecule has 8 heteroatoms. The maximum Gasteiger partial charge on any atom is 0.319 e. The molecule has 2 unspecified atom stereocenters. The van der Waals surface area contributed by atoms with Gasteiger partial charge in [-0.1, -0.05) is 17.7 Å². The highest BCUT2D eigenvalue weighted by molar-refractivity contribution is 6.30. The van der Waals surface area contributed by atoms with Gasteiger partial charge in [-0.05, 0) is 36.8 Å². The van der Waals surface area contributed by atoms with Gasteiger partial charge in [-0.2, -0.15) is 0 Å². The first-order valence-corrected chi connectivity index (χ1v) is 8.80. The van der Waals surface area contributed by atoms with Gasteiger partial charge < -0.3 is 20.7 Å². The van der Waals surface area contributed by atoms with E-state index >= 15 is 0 Å². The lowest BCUT2D eigenvalue weighted by molar-refractivity contribution is -0.124. The Kier molecular flexibility index (Phi) is 5.81. The number of urea groups is 1. The smallest absolute Gasteiger partial charge is 0.319 e. The average Bonchev–Trinajstić information content (AvgIpc) is 2.64. The van der Waals surface area contributed by atoms with E-state index in [1.54, 1.807) is 30.3 Å².